The summed E-state index contributed by atoms with van der Waals surface area (Å²) in [6.07, 6.45) is 0.152. The Bertz CT molecular complexity index is 600. The van der Waals surface area contributed by atoms with Crippen molar-refractivity contribution in [1.82, 2.24) is 15.0 Å². The van der Waals surface area contributed by atoms with Crippen LogP contribution in [0.25, 0.3) is 10.7 Å². The van der Waals surface area contributed by atoms with Crippen molar-refractivity contribution in [3.63, 3.8) is 0 Å². The van der Waals surface area contributed by atoms with Crippen LogP contribution < -0.4 is 0 Å². The second-order valence-corrected chi connectivity index (χ2v) is 6.88. The average Bonchev–Trinajstić information content (AvgIpc) is 3.11. The lowest BCUT2D eigenvalue weighted by molar-refractivity contribution is -0.138. The Morgan fingerprint density at radius 1 is 1.57 bits per heavy atom. The van der Waals surface area contributed by atoms with Crippen molar-refractivity contribution in [3.8, 4) is 10.7 Å². The van der Waals surface area contributed by atoms with E-state index in [-0.39, 0.29) is 12.5 Å². The third kappa shape index (κ3) is 3.63. The summed E-state index contributed by atoms with van der Waals surface area (Å²) in [7, 11) is 0. The fourth-order valence-electron chi connectivity index (χ4n) is 2.29. The van der Waals surface area contributed by atoms with E-state index in [2.05, 4.69) is 15.0 Å². The monoisotopic (exact) mass is 325 g/mol. The molecule has 1 N–H and O–H groups in total. The van der Waals surface area contributed by atoms with Crippen molar-refractivity contribution in [2.45, 2.75) is 19.0 Å². The SMILES string of the molecule is O=C(O)CC1CSCCN1Cc1nc(-c2cccs2)no1. The molecular weight excluding hydrogens is 310 g/mol. The highest BCUT2D eigenvalue weighted by Gasteiger charge is 2.26. The number of thioether (sulfide) groups is 1. The molecule has 1 aliphatic heterocycles. The Hall–Kier alpha value is -1.38. The molecule has 0 radical (unpaired) electrons. The summed E-state index contributed by atoms with van der Waals surface area (Å²) in [6.45, 7) is 1.36. The van der Waals surface area contributed by atoms with Crippen LogP contribution in [0.15, 0.2) is 22.0 Å². The first-order valence-corrected chi connectivity index (χ1v) is 8.66. The molecule has 1 aliphatic rings. The van der Waals surface area contributed by atoms with E-state index in [1.807, 2.05) is 17.5 Å². The van der Waals surface area contributed by atoms with E-state index < -0.39 is 5.97 Å². The van der Waals surface area contributed by atoms with E-state index in [9.17, 15) is 4.79 Å². The summed E-state index contributed by atoms with van der Waals surface area (Å²) >= 11 is 3.36. The van der Waals surface area contributed by atoms with Crippen LogP contribution in [0.4, 0.5) is 0 Å². The zero-order valence-electron chi connectivity index (χ0n) is 11.3. The Kier molecular flexibility index (Phi) is 4.57. The van der Waals surface area contributed by atoms with E-state index >= 15 is 0 Å². The van der Waals surface area contributed by atoms with E-state index in [0.717, 1.165) is 22.9 Å². The van der Waals surface area contributed by atoms with Crippen molar-refractivity contribution < 1.29 is 14.4 Å². The van der Waals surface area contributed by atoms with Crippen LogP contribution in [0.3, 0.4) is 0 Å². The summed E-state index contributed by atoms with van der Waals surface area (Å²) in [5, 5.41) is 14.9. The van der Waals surface area contributed by atoms with Crippen molar-refractivity contribution in [1.29, 1.82) is 0 Å². The number of carbonyl (C=O) groups is 1. The molecule has 8 heteroatoms. The molecular formula is C13H15N3O3S2. The summed E-state index contributed by atoms with van der Waals surface area (Å²) in [4.78, 5) is 18.4. The maximum absolute atomic E-state index is 10.9. The molecule has 21 heavy (non-hydrogen) atoms. The summed E-state index contributed by atoms with van der Waals surface area (Å²) in [5.74, 6) is 2.21. The highest BCUT2D eigenvalue weighted by atomic mass is 32.2. The van der Waals surface area contributed by atoms with Gasteiger partial charge >= 0.3 is 5.97 Å². The maximum atomic E-state index is 10.9. The molecule has 3 heterocycles. The lowest BCUT2D eigenvalue weighted by atomic mass is 10.2. The molecule has 0 bridgehead atoms. The summed E-state index contributed by atoms with van der Waals surface area (Å²) < 4.78 is 5.29. The van der Waals surface area contributed by atoms with Crippen LogP contribution in [0.1, 0.15) is 12.3 Å². The van der Waals surface area contributed by atoms with Gasteiger partial charge in [0.25, 0.3) is 0 Å². The minimum absolute atomic E-state index is 0.0262. The van der Waals surface area contributed by atoms with Crippen LogP contribution in [0, 0.1) is 0 Å². The van der Waals surface area contributed by atoms with Gasteiger partial charge in [-0.1, -0.05) is 11.2 Å². The summed E-state index contributed by atoms with van der Waals surface area (Å²) in [5.41, 5.74) is 0. The van der Waals surface area contributed by atoms with Crippen molar-refractivity contribution in [2.24, 2.45) is 0 Å². The molecule has 1 unspecified atom stereocenters. The van der Waals surface area contributed by atoms with Gasteiger partial charge in [0.15, 0.2) is 0 Å². The van der Waals surface area contributed by atoms with Gasteiger partial charge in [0, 0.05) is 24.1 Å². The molecule has 0 amide bonds. The fourth-order valence-corrected chi connectivity index (χ4v) is 4.07. The Morgan fingerprint density at radius 3 is 3.24 bits per heavy atom. The zero-order chi connectivity index (χ0) is 14.7. The Balaban J connectivity index is 1.68. The van der Waals surface area contributed by atoms with Gasteiger partial charge in [-0.05, 0) is 11.4 Å². The fraction of sp³-hybridized carbons (Fsp3) is 0.462. The zero-order valence-corrected chi connectivity index (χ0v) is 12.9. The van der Waals surface area contributed by atoms with Gasteiger partial charge in [0.1, 0.15) is 0 Å². The van der Waals surface area contributed by atoms with Crippen molar-refractivity contribution in [3.05, 3.63) is 23.4 Å². The molecule has 0 saturated carbocycles. The number of aromatic nitrogens is 2. The molecule has 1 saturated heterocycles. The lowest BCUT2D eigenvalue weighted by Gasteiger charge is -2.33. The predicted molar refractivity (Wildman–Crippen MR) is 81.4 cm³/mol. The van der Waals surface area contributed by atoms with Gasteiger partial charge in [-0.15, -0.1) is 11.3 Å². The Labute approximate surface area is 130 Å². The molecule has 0 aliphatic carbocycles. The lowest BCUT2D eigenvalue weighted by Crippen LogP contribution is -2.43. The second-order valence-electron chi connectivity index (χ2n) is 4.79. The quantitative estimate of drug-likeness (QED) is 0.902. The highest BCUT2D eigenvalue weighted by Crippen LogP contribution is 2.24. The van der Waals surface area contributed by atoms with Gasteiger partial charge in [-0.2, -0.15) is 16.7 Å². The summed E-state index contributed by atoms with van der Waals surface area (Å²) in [6, 6.07) is 3.92. The number of aliphatic carboxylic acids is 1. The largest absolute Gasteiger partial charge is 0.481 e. The van der Waals surface area contributed by atoms with E-state index in [1.165, 1.54) is 0 Å². The molecule has 3 rings (SSSR count). The van der Waals surface area contributed by atoms with E-state index in [1.54, 1.807) is 23.1 Å². The van der Waals surface area contributed by atoms with Gasteiger partial charge in [0.05, 0.1) is 17.8 Å². The third-order valence-electron chi connectivity index (χ3n) is 3.31. The third-order valence-corrected chi connectivity index (χ3v) is 5.27. The number of hydrogen-bond acceptors (Lipinski definition) is 7. The molecule has 0 aromatic carbocycles. The van der Waals surface area contributed by atoms with Gasteiger partial charge in [-0.25, -0.2) is 0 Å². The van der Waals surface area contributed by atoms with Gasteiger partial charge in [-0.3, -0.25) is 9.69 Å². The molecule has 2 aromatic rings. The number of rotatable bonds is 5. The molecule has 112 valence electrons. The van der Waals surface area contributed by atoms with Crippen molar-refractivity contribution in [2.75, 3.05) is 18.1 Å². The molecule has 2 aromatic heterocycles. The first-order chi connectivity index (χ1) is 10.2. The van der Waals surface area contributed by atoms with Crippen LogP contribution in [-0.2, 0) is 11.3 Å². The van der Waals surface area contributed by atoms with Crippen LogP contribution >= 0.6 is 23.1 Å². The number of carboxylic acids is 1. The van der Waals surface area contributed by atoms with Gasteiger partial charge < -0.3 is 9.63 Å². The minimum atomic E-state index is -0.766. The molecule has 1 fully saturated rings. The molecule has 0 spiro atoms. The van der Waals surface area contributed by atoms with E-state index in [4.69, 9.17) is 9.63 Å². The normalized spacial score (nSPS) is 19.7. The standard InChI is InChI=1S/C13H15N3O3S2/c17-12(18)6-9-8-20-5-3-16(9)7-11-14-13(15-19-11)10-2-1-4-21-10/h1-2,4,9H,3,5-8H2,(H,17,18). The Morgan fingerprint density at radius 2 is 2.48 bits per heavy atom. The molecule has 6 nitrogen and oxygen atoms in total. The van der Waals surface area contributed by atoms with Crippen LogP contribution in [0.2, 0.25) is 0 Å². The smallest absolute Gasteiger partial charge is 0.304 e. The first-order valence-electron chi connectivity index (χ1n) is 6.62. The van der Waals surface area contributed by atoms with Crippen LogP contribution in [0.5, 0.6) is 0 Å². The second kappa shape index (κ2) is 6.59. The van der Waals surface area contributed by atoms with Gasteiger partial charge in [0.2, 0.25) is 11.7 Å². The van der Waals surface area contributed by atoms with E-state index in [0.29, 0.717) is 18.3 Å². The van der Waals surface area contributed by atoms with Crippen molar-refractivity contribution >= 4 is 29.1 Å². The number of carboxylic acid groups (broad SMARTS) is 1. The molecule has 1 atom stereocenters. The highest BCUT2D eigenvalue weighted by molar-refractivity contribution is 7.99. The minimum Gasteiger partial charge on any atom is -0.481 e. The maximum Gasteiger partial charge on any atom is 0.304 e. The predicted octanol–water partition coefficient (Wildman–Crippen LogP) is 2.19. The number of hydrogen-bond donors (Lipinski definition) is 1. The average molecular weight is 325 g/mol. The number of thiophene rings is 1. The first kappa shape index (κ1) is 14.6. The van der Waals surface area contributed by atoms with Crippen LogP contribution in [-0.4, -0.2) is 50.2 Å². The number of nitrogens with zero attached hydrogens (tertiary/aromatic N) is 3. The topological polar surface area (TPSA) is 79.5 Å².